The summed E-state index contributed by atoms with van der Waals surface area (Å²) in [6.45, 7) is 5.58. The minimum Gasteiger partial charge on any atom is -0.310 e. The van der Waals surface area contributed by atoms with Crippen molar-refractivity contribution >= 4 is 11.3 Å². The van der Waals surface area contributed by atoms with Crippen LogP contribution in [0, 0.1) is 20.8 Å². The number of rotatable bonds is 2. The summed E-state index contributed by atoms with van der Waals surface area (Å²) in [5.41, 5.74) is 2.41. The molecule has 2 rings (SSSR count). The summed E-state index contributed by atoms with van der Waals surface area (Å²) in [7, 11) is 0. The number of hydrogen-bond acceptors (Lipinski definition) is 4. The number of thiazole rings is 1. The van der Waals surface area contributed by atoms with Gasteiger partial charge in [-0.1, -0.05) is 0 Å². The third-order valence-electron chi connectivity index (χ3n) is 2.43. The predicted octanol–water partition coefficient (Wildman–Crippen LogP) is 1.74. The minimum atomic E-state index is -0.0595. The Balaban J connectivity index is 2.32. The lowest BCUT2D eigenvalue weighted by molar-refractivity contribution is 0.895. The fourth-order valence-corrected chi connectivity index (χ4v) is 2.19. The van der Waals surface area contributed by atoms with Crippen LogP contribution in [-0.4, -0.2) is 15.0 Å². The number of aromatic amines is 1. The molecule has 0 fully saturated rings. The van der Waals surface area contributed by atoms with Crippen LogP contribution in [0.15, 0.2) is 10.2 Å². The highest BCUT2D eigenvalue weighted by Crippen LogP contribution is 2.11. The second-order valence-electron chi connectivity index (χ2n) is 3.78. The van der Waals surface area contributed by atoms with Crippen molar-refractivity contribution in [1.29, 1.82) is 0 Å². The average molecular weight is 235 g/mol. The second-order valence-corrected chi connectivity index (χ2v) is 4.73. The van der Waals surface area contributed by atoms with Crippen molar-refractivity contribution in [2.75, 3.05) is 0 Å². The van der Waals surface area contributed by atoms with Crippen molar-refractivity contribution < 1.29 is 0 Å². The first-order valence-corrected chi connectivity index (χ1v) is 5.91. The third kappa shape index (κ3) is 2.19. The first-order chi connectivity index (χ1) is 7.56. The molecule has 1 N–H and O–H groups in total. The zero-order valence-electron chi connectivity index (χ0n) is 9.50. The van der Waals surface area contributed by atoms with Crippen LogP contribution in [0.2, 0.25) is 0 Å². The highest BCUT2D eigenvalue weighted by Gasteiger charge is 2.06. The largest absolute Gasteiger partial charge is 0.310 e. The van der Waals surface area contributed by atoms with E-state index in [-0.39, 0.29) is 5.56 Å². The van der Waals surface area contributed by atoms with Gasteiger partial charge in [0.05, 0.1) is 6.42 Å². The van der Waals surface area contributed by atoms with Crippen LogP contribution in [0.25, 0.3) is 0 Å². The van der Waals surface area contributed by atoms with Crippen LogP contribution in [-0.2, 0) is 6.42 Å². The molecule has 0 aliphatic heterocycles. The van der Waals surface area contributed by atoms with Gasteiger partial charge in [0.15, 0.2) is 0 Å². The summed E-state index contributed by atoms with van der Waals surface area (Å²) in [4.78, 5) is 23.0. The molecule has 0 aliphatic rings. The molecule has 84 valence electrons. The number of nitrogens with one attached hydrogen (secondary N) is 1. The molecular formula is C11H13N3OS. The van der Waals surface area contributed by atoms with Gasteiger partial charge < -0.3 is 4.98 Å². The van der Waals surface area contributed by atoms with E-state index >= 15 is 0 Å². The van der Waals surface area contributed by atoms with Crippen LogP contribution in [0.4, 0.5) is 0 Å². The summed E-state index contributed by atoms with van der Waals surface area (Å²) in [6.07, 6.45) is 0.592. The zero-order valence-corrected chi connectivity index (χ0v) is 10.3. The van der Waals surface area contributed by atoms with E-state index in [4.69, 9.17) is 0 Å². The van der Waals surface area contributed by atoms with E-state index in [9.17, 15) is 4.79 Å². The summed E-state index contributed by atoms with van der Waals surface area (Å²) < 4.78 is 0. The van der Waals surface area contributed by atoms with Crippen molar-refractivity contribution in [3.63, 3.8) is 0 Å². The van der Waals surface area contributed by atoms with Crippen molar-refractivity contribution in [1.82, 2.24) is 15.0 Å². The number of hydrogen-bond donors (Lipinski definition) is 1. The Kier molecular flexibility index (Phi) is 2.87. The molecule has 0 aromatic carbocycles. The van der Waals surface area contributed by atoms with Gasteiger partial charge in [-0.05, 0) is 20.8 Å². The van der Waals surface area contributed by atoms with E-state index in [1.165, 1.54) is 0 Å². The highest BCUT2D eigenvalue weighted by molar-refractivity contribution is 7.09. The smallest absolute Gasteiger partial charge is 0.254 e. The molecule has 4 nitrogen and oxygen atoms in total. The molecule has 0 bridgehead atoms. The Morgan fingerprint density at radius 2 is 2.06 bits per heavy atom. The summed E-state index contributed by atoms with van der Waals surface area (Å²) in [5, 5.41) is 2.97. The first kappa shape index (κ1) is 11.0. The Hall–Kier alpha value is -1.49. The number of aryl methyl sites for hydroxylation is 2. The van der Waals surface area contributed by atoms with Gasteiger partial charge in [-0.3, -0.25) is 4.79 Å². The van der Waals surface area contributed by atoms with Crippen molar-refractivity contribution in [2.45, 2.75) is 27.2 Å². The zero-order chi connectivity index (χ0) is 11.7. The minimum absolute atomic E-state index is 0.0595. The quantitative estimate of drug-likeness (QED) is 0.862. The standard InChI is InChI=1S/C11H13N3OS/c1-6-5-16-10(12-6)4-9-13-8(3)7(2)11(15)14-9/h5H,4H2,1-3H3,(H,13,14,15). The van der Waals surface area contributed by atoms with Crippen molar-refractivity contribution in [3.8, 4) is 0 Å². The Bertz CT molecular complexity index is 571. The molecule has 0 atom stereocenters. The van der Waals surface area contributed by atoms with Crippen LogP contribution >= 0.6 is 11.3 Å². The fourth-order valence-electron chi connectivity index (χ4n) is 1.41. The lowest BCUT2D eigenvalue weighted by Gasteiger charge is -2.01. The van der Waals surface area contributed by atoms with Crippen molar-refractivity contribution in [3.05, 3.63) is 43.5 Å². The molecule has 5 heteroatoms. The predicted molar refractivity (Wildman–Crippen MR) is 64.0 cm³/mol. The van der Waals surface area contributed by atoms with Gasteiger partial charge in [0, 0.05) is 22.3 Å². The van der Waals surface area contributed by atoms with Gasteiger partial charge in [-0.15, -0.1) is 11.3 Å². The molecule has 2 aromatic rings. The first-order valence-electron chi connectivity index (χ1n) is 5.03. The molecule has 0 radical (unpaired) electrons. The molecule has 2 aromatic heterocycles. The SMILES string of the molecule is Cc1csc(Cc2nc(C)c(C)c(=O)[nH]2)n1. The molecule has 0 saturated carbocycles. The van der Waals surface area contributed by atoms with E-state index in [1.807, 2.05) is 19.2 Å². The summed E-state index contributed by atoms with van der Waals surface area (Å²) in [6, 6.07) is 0. The van der Waals surface area contributed by atoms with Crippen LogP contribution in [0.3, 0.4) is 0 Å². The van der Waals surface area contributed by atoms with E-state index in [2.05, 4.69) is 15.0 Å². The van der Waals surface area contributed by atoms with E-state index in [1.54, 1.807) is 18.3 Å². The van der Waals surface area contributed by atoms with Crippen LogP contribution in [0.5, 0.6) is 0 Å². The van der Waals surface area contributed by atoms with E-state index < -0.39 is 0 Å². The van der Waals surface area contributed by atoms with Crippen LogP contribution in [0.1, 0.15) is 27.8 Å². The number of H-pyrrole nitrogens is 1. The fraction of sp³-hybridized carbons (Fsp3) is 0.364. The Labute approximate surface area is 97.4 Å². The average Bonchev–Trinajstić information content (AvgIpc) is 2.60. The molecule has 0 spiro atoms. The normalized spacial score (nSPS) is 10.7. The lowest BCUT2D eigenvalue weighted by atomic mass is 10.2. The molecular weight excluding hydrogens is 222 g/mol. The van der Waals surface area contributed by atoms with Gasteiger partial charge in [0.1, 0.15) is 10.8 Å². The molecule has 16 heavy (non-hydrogen) atoms. The number of nitrogens with zero attached hydrogens (tertiary/aromatic N) is 2. The topological polar surface area (TPSA) is 58.6 Å². The highest BCUT2D eigenvalue weighted by atomic mass is 32.1. The van der Waals surface area contributed by atoms with E-state index in [0.29, 0.717) is 17.8 Å². The monoisotopic (exact) mass is 235 g/mol. The second kappa shape index (κ2) is 4.17. The summed E-state index contributed by atoms with van der Waals surface area (Å²) in [5.74, 6) is 0.683. The molecule has 2 heterocycles. The molecule has 0 unspecified atom stereocenters. The molecule has 0 aliphatic carbocycles. The van der Waals surface area contributed by atoms with E-state index in [0.717, 1.165) is 16.4 Å². The van der Waals surface area contributed by atoms with Gasteiger partial charge in [-0.25, -0.2) is 9.97 Å². The van der Waals surface area contributed by atoms with Crippen molar-refractivity contribution in [2.24, 2.45) is 0 Å². The maximum absolute atomic E-state index is 11.5. The molecule has 0 amide bonds. The number of aromatic nitrogens is 3. The molecule has 0 saturated heterocycles. The van der Waals surface area contributed by atoms with Gasteiger partial charge in [0.2, 0.25) is 0 Å². The summed E-state index contributed by atoms with van der Waals surface area (Å²) >= 11 is 1.59. The van der Waals surface area contributed by atoms with Gasteiger partial charge in [-0.2, -0.15) is 0 Å². The van der Waals surface area contributed by atoms with Gasteiger partial charge in [0.25, 0.3) is 5.56 Å². The van der Waals surface area contributed by atoms with Crippen LogP contribution < -0.4 is 5.56 Å². The lowest BCUT2D eigenvalue weighted by Crippen LogP contribution is -2.16. The maximum Gasteiger partial charge on any atom is 0.254 e. The van der Waals surface area contributed by atoms with Gasteiger partial charge >= 0.3 is 0 Å². The maximum atomic E-state index is 11.5. The Morgan fingerprint density at radius 1 is 1.31 bits per heavy atom. The Morgan fingerprint density at radius 3 is 2.62 bits per heavy atom. The third-order valence-corrected chi connectivity index (χ3v) is 3.40.